The van der Waals surface area contributed by atoms with Gasteiger partial charge in [-0.3, -0.25) is 19.1 Å². The van der Waals surface area contributed by atoms with E-state index in [0.717, 1.165) is 6.42 Å². The molecule has 0 atom stereocenters. The van der Waals surface area contributed by atoms with Crippen LogP contribution in [0.5, 0.6) is 0 Å². The van der Waals surface area contributed by atoms with E-state index in [1.165, 1.54) is 10.1 Å². The smallest absolute Gasteiger partial charge is 0.330 e. The fraction of sp³-hybridized carbons (Fsp3) is 0.500. The maximum absolute atomic E-state index is 12.7. The van der Waals surface area contributed by atoms with Crippen molar-refractivity contribution in [3.8, 4) is 0 Å². The monoisotopic (exact) mass is 415 g/mol. The lowest BCUT2D eigenvalue weighted by atomic mass is 10.1. The second-order valence-corrected chi connectivity index (χ2v) is 8.37. The Hall–Kier alpha value is -3.03. The third-order valence-electron chi connectivity index (χ3n) is 4.64. The van der Waals surface area contributed by atoms with E-state index in [2.05, 4.69) is 17.2 Å². The summed E-state index contributed by atoms with van der Waals surface area (Å²) in [4.78, 5) is 41.5. The second kappa shape index (κ2) is 10.1. The number of hydrogen-bond donors (Lipinski definition) is 3. The average Bonchev–Trinajstić information content (AvgIpc) is 2.64. The van der Waals surface area contributed by atoms with Crippen LogP contribution in [0.15, 0.2) is 33.9 Å². The molecule has 8 nitrogen and oxygen atoms in total. The van der Waals surface area contributed by atoms with Crippen molar-refractivity contribution in [3.05, 3.63) is 50.7 Å². The van der Waals surface area contributed by atoms with Crippen molar-refractivity contribution in [3.63, 3.8) is 0 Å². The van der Waals surface area contributed by atoms with Gasteiger partial charge < -0.3 is 16.0 Å². The molecule has 1 aromatic carbocycles. The van der Waals surface area contributed by atoms with Gasteiger partial charge in [-0.1, -0.05) is 46.8 Å². The van der Waals surface area contributed by atoms with E-state index in [9.17, 15) is 14.4 Å². The number of aromatic amines is 1. The highest BCUT2D eigenvalue weighted by atomic mass is 16.2. The first kappa shape index (κ1) is 23.3. The number of nitrogens with zero attached hydrogens (tertiary/aromatic N) is 2. The summed E-state index contributed by atoms with van der Waals surface area (Å²) in [5, 5.41) is 2.86. The molecular formula is C22H33N5O3. The molecule has 2 rings (SSSR count). The van der Waals surface area contributed by atoms with Gasteiger partial charge in [0, 0.05) is 18.8 Å². The number of rotatable bonds is 9. The van der Waals surface area contributed by atoms with Gasteiger partial charge >= 0.3 is 5.69 Å². The summed E-state index contributed by atoms with van der Waals surface area (Å²) in [6.07, 6.45) is 0.921. The number of amides is 1. The quantitative estimate of drug-likeness (QED) is 0.582. The van der Waals surface area contributed by atoms with E-state index < -0.39 is 11.2 Å². The molecule has 1 aromatic heterocycles. The number of hydrogen-bond acceptors (Lipinski definition) is 5. The number of nitrogen functional groups attached to an aromatic ring is 1. The van der Waals surface area contributed by atoms with Crippen LogP contribution in [0.4, 0.5) is 17.2 Å². The van der Waals surface area contributed by atoms with Crippen molar-refractivity contribution in [2.75, 3.05) is 29.0 Å². The number of nitrogens with two attached hydrogens (primary N) is 1. The minimum atomic E-state index is -0.585. The number of nitrogens with one attached hydrogen (secondary N) is 2. The van der Waals surface area contributed by atoms with Crippen molar-refractivity contribution in [1.82, 2.24) is 9.55 Å². The van der Waals surface area contributed by atoms with Crippen LogP contribution >= 0.6 is 0 Å². The van der Waals surface area contributed by atoms with Crippen LogP contribution in [0.3, 0.4) is 0 Å². The topological polar surface area (TPSA) is 113 Å². The van der Waals surface area contributed by atoms with E-state index in [0.29, 0.717) is 18.8 Å². The van der Waals surface area contributed by atoms with Gasteiger partial charge in [-0.05, 0) is 36.0 Å². The molecule has 4 N–H and O–H groups in total. The molecule has 0 unspecified atom stereocenters. The number of aromatic nitrogens is 2. The Labute approximate surface area is 177 Å². The zero-order chi connectivity index (χ0) is 22.4. The largest absolute Gasteiger partial charge is 0.383 e. The number of aryl methyl sites for hydroxylation is 1. The van der Waals surface area contributed by atoms with Gasteiger partial charge in [0.05, 0.1) is 6.54 Å². The van der Waals surface area contributed by atoms with Crippen LogP contribution in [-0.4, -0.2) is 28.5 Å². The van der Waals surface area contributed by atoms with Crippen LogP contribution in [0, 0.1) is 11.8 Å². The molecule has 0 saturated heterocycles. The van der Waals surface area contributed by atoms with Gasteiger partial charge in [0.2, 0.25) is 5.91 Å². The minimum absolute atomic E-state index is 0.0547. The van der Waals surface area contributed by atoms with Crippen molar-refractivity contribution < 1.29 is 4.79 Å². The molecule has 0 aliphatic rings. The molecule has 30 heavy (non-hydrogen) atoms. The van der Waals surface area contributed by atoms with Gasteiger partial charge in [-0.15, -0.1) is 0 Å². The Morgan fingerprint density at radius 3 is 2.30 bits per heavy atom. The van der Waals surface area contributed by atoms with E-state index in [-0.39, 0.29) is 35.8 Å². The summed E-state index contributed by atoms with van der Waals surface area (Å²) >= 11 is 0. The Balaban J connectivity index is 2.34. The summed E-state index contributed by atoms with van der Waals surface area (Å²) in [5.74, 6) is 0.154. The molecule has 0 radical (unpaired) electrons. The first-order valence-electron chi connectivity index (χ1n) is 10.4. The summed E-state index contributed by atoms with van der Waals surface area (Å²) in [5.41, 5.74) is 7.14. The SMILES string of the molecule is CCc1ccc(NC(=O)CN(CC(C)C)c2c(N)n(CC(C)C)c(=O)[nH]c2=O)cc1. The molecule has 1 heterocycles. The molecule has 8 heteroatoms. The van der Waals surface area contributed by atoms with Gasteiger partial charge in [-0.25, -0.2) is 4.79 Å². The van der Waals surface area contributed by atoms with Gasteiger partial charge in [0.1, 0.15) is 11.5 Å². The van der Waals surface area contributed by atoms with E-state index in [1.807, 2.05) is 52.0 Å². The van der Waals surface area contributed by atoms with Gasteiger partial charge in [0.25, 0.3) is 5.56 Å². The van der Waals surface area contributed by atoms with Crippen LogP contribution in [0.25, 0.3) is 0 Å². The molecule has 0 aliphatic carbocycles. The molecule has 2 aromatic rings. The Morgan fingerprint density at radius 1 is 1.13 bits per heavy atom. The highest BCUT2D eigenvalue weighted by molar-refractivity contribution is 5.94. The van der Waals surface area contributed by atoms with E-state index in [1.54, 1.807) is 4.90 Å². The van der Waals surface area contributed by atoms with Crippen molar-refractivity contribution in [1.29, 1.82) is 0 Å². The molecule has 0 fully saturated rings. The molecular weight excluding hydrogens is 382 g/mol. The van der Waals surface area contributed by atoms with Crippen molar-refractivity contribution in [2.24, 2.45) is 11.8 Å². The van der Waals surface area contributed by atoms with Crippen LogP contribution in [0.1, 0.15) is 40.2 Å². The third-order valence-corrected chi connectivity index (χ3v) is 4.64. The molecule has 0 spiro atoms. The predicted octanol–water partition coefficient (Wildman–Crippen LogP) is 2.44. The normalized spacial score (nSPS) is 11.2. The molecule has 164 valence electrons. The molecule has 0 saturated carbocycles. The molecule has 0 aliphatic heterocycles. The lowest BCUT2D eigenvalue weighted by Crippen LogP contribution is -2.43. The lowest BCUT2D eigenvalue weighted by Gasteiger charge is -2.27. The number of benzene rings is 1. The number of H-pyrrole nitrogens is 1. The predicted molar refractivity (Wildman–Crippen MR) is 122 cm³/mol. The van der Waals surface area contributed by atoms with Gasteiger partial charge in [0.15, 0.2) is 0 Å². The first-order valence-corrected chi connectivity index (χ1v) is 10.4. The number of anilines is 3. The van der Waals surface area contributed by atoms with Crippen LogP contribution < -0.4 is 27.2 Å². The fourth-order valence-corrected chi connectivity index (χ4v) is 3.30. The number of carbonyl (C=O) groups excluding carboxylic acids is 1. The standard InChI is InChI=1S/C22H33N5O3/c1-6-16-7-9-17(10-8-16)24-18(28)13-26(11-14(2)3)19-20(23)27(12-15(4)5)22(30)25-21(19)29/h7-10,14-15H,6,11-13,23H2,1-5H3,(H,24,28)(H,25,29,30). The zero-order valence-corrected chi connectivity index (χ0v) is 18.5. The average molecular weight is 416 g/mol. The van der Waals surface area contributed by atoms with E-state index in [4.69, 9.17) is 5.73 Å². The van der Waals surface area contributed by atoms with Crippen LogP contribution in [-0.2, 0) is 17.8 Å². The lowest BCUT2D eigenvalue weighted by molar-refractivity contribution is -0.115. The zero-order valence-electron chi connectivity index (χ0n) is 18.5. The highest BCUT2D eigenvalue weighted by Gasteiger charge is 2.22. The summed E-state index contributed by atoms with van der Waals surface area (Å²) < 4.78 is 1.36. The second-order valence-electron chi connectivity index (χ2n) is 8.37. The van der Waals surface area contributed by atoms with Gasteiger partial charge in [-0.2, -0.15) is 0 Å². The summed E-state index contributed by atoms with van der Waals surface area (Å²) in [7, 11) is 0. The minimum Gasteiger partial charge on any atom is -0.383 e. The van der Waals surface area contributed by atoms with Crippen LogP contribution in [0.2, 0.25) is 0 Å². The maximum atomic E-state index is 12.7. The maximum Gasteiger partial charge on any atom is 0.330 e. The van der Waals surface area contributed by atoms with Crippen molar-refractivity contribution >= 4 is 23.1 Å². The third kappa shape index (κ3) is 5.98. The molecule has 0 bridgehead atoms. The Morgan fingerprint density at radius 2 is 1.77 bits per heavy atom. The summed E-state index contributed by atoms with van der Waals surface area (Å²) in [6, 6.07) is 7.64. The fourth-order valence-electron chi connectivity index (χ4n) is 3.30. The Kier molecular flexibility index (Phi) is 7.86. The van der Waals surface area contributed by atoms with Crippen molar-refractivity contribution in [2.45, 2.75) is 47.6 Å². The highest BCUT2D eigenvalue weighted by Crippen LogP contribution is 2.19. The first-order chi connectivity index (χ1) is 14.1. The molecule has 1 amide bonds. The number of carbonyl (C=O) groups is 1. The summed E-state index contributed by atoms with van der Waals surface area (Å²) in [6.45, 7) is 10.7. The van der Waals surface area contributed by atoms with E-state index >= 15 is 0 Å². The Bertz CT molecular complexity index is 974.